The number of carboxylic acid groups (broad SMARTS) is 1. The van der Waals surface area contributed by atoms with Crippen molar-refractivity contribution in [3.8, 4) is 0 Å². The minimum Gasteiger partial charge on any atom is -0.463 e. The Hall–Kier alpha value is -1.59. The second-order valence-corrected chi connectivity index (χ2v) is 4.38. The number of rotatable bonds is 2. The molecule has 0 aliphatic carbocycles. The largest absolute Gasteiger partial charge is 0.463 e. The van der Waals surface area contributed by atoms with E-state index >= 15 is 0 Å². The lowest BCUT2D eigenvalue weighted by Crippen LogP contribution is -2.07. The van der Waals surface area contributed by atoms with E-state index in [-0.39, 0.29) is 5.02 Å². The van der Waals surface area contributed by atoms with Crippen molar-refractivity contribution >= 4 is 29.3 Å². The van der Waals surface area contributed by atoms with Crippen molar-refractivity contribution in [2.45, 2.75) is 5.38 Å². The predicted octanol–water partition coefficient (Wildman–Crippen LogP) is 3.53. The summed E-state index contributed by atoms with van der Waals surface area (Å²) in [7, 11) is 0. The van der Waals surface area contributed by atoms with Gasteiger partial charge in [0.05, 0.1) is 16.6 Å². The first-order valence-electron chi connectivity index (χ1n) is 4.86. The van der Waals surface area contributed by atoms with Gasteiger partial charge in [-0.25, -0.2) is 9.18 Å². The summed E-state index contributed by atoms with van der Waals surface area (Å²) in [4.78, 5) is 10.7. The van der Waals surface area contributed by atoms with E-state index < -0.39 is 17.3 Å². The van der Waals surface area contributed by atoms with Crippen molar-refractivity contribution in [1.29, 1.82) is 0 Å². The van der Waals surface area contributed by atoms with E-state index in [1.165, 1.54) is 24.5 Å². The fourth-order valence-electron chi connectivity index (χ4n) is 1.43. The third-order valence-electron chi connectivity index (χ3n) is 2.33. The van der Waals surface area contributed by atoms with Gasteiger partial charge in [0.25, 0.3) is 0 Å². The van der Waals surface area contributed by atoms with Crippen LogP contribution in [0.25, 0.3) is 0 Å². The molecular formula is C11H7Cl2FN2O2. The zero-order valence-corrected chi connectivity index (χ0v) is 10.4. The van der Waals surface area contributed by atoms with Gasteiger partial charge in [-0.15, -0.1) is 11.6 Å². The molecule has 1 aromatic carbocycles. The Bertz CT molecular complexity index is 600. The zero-order valence-electron chi connectivity index (χ0n) is 8.85. The number of nitrogens with zero attached hydrogens (tertiary/aromatic N) is 2. The molecule has 94 valence electrons. The molecule has 18 heavy (non-hydrogen) atoms. The van der Waals surface area contributed by atoms with Crippen molar-refractivity contribution in [2.24, 2.45) is 0 Å². The van der Waals surface area contributed by atoms with Crippen LogP contribution in [0.5, 0.6) is 0 Å². The Balaban J connectivity index is 2.31. The van der Waals surface area contributed by atoms with Gasteiger partial charge in [0.2, 0.25) is 0 Å². The number of hydrogen-bond donors (Lipinski definition) is 1. The molecule has 0 radical (unpaired) electrons. The lowest BCUT2D eigenvalue weighted by atomic mass is 10.1. The van der Waals surface area contributed by atoms with E-state index in [4.69, 9.17) is 28.3 Å². The van der Waals surface area contributed by atoms with E-state index in [1.54, 1.807) is 6.07 Å². The number of alkyl halides is 1. The van der Waals surface area contributed by atoms with Crippen LogP contribution in [-0.4, -0.2) is 21.0 Å². The number of aromatic nitrogens is 2. The Morgan fingerprint density at radius 1 is 1.44 bits per heavy atom. The molecule has 7 heteroatoms. The summed E-state index contributed by atoms with van der Waals surface area (Å²) < 4.78 is 14.0. The van der Waals surface area contributed by atoms with Gasteiger partial charge in [-0.2, -0.15) is 9.78 Å². The van der Waals surface area contributed by atoms with Crippen LogP contribution in [0.3, 0.4) is 0 Å². The molecule has 0 aliphatic rings. The van der Waals surface area contributed by atoms with Gasteiger partial charge >= 0.3 is 6.09 Å². The fraction of sp³-hybridized carbons (Fsp3) is 0.0909. The molecule has 0 saturated heterocycles. The second kappa shape index (κ2) is 4.96. The van der Waals surface area contributed by atoms with Gasteiger partial charge in [0.1, 0.15) is 5.82 Å². The number of benzene rings is 1. The van der Waals surface area contributed by atoms with Gasteiger partial charge < -0.3 is 5.11 Å². The van der Waals surface area contributed by atoms with Crippen molar-refractivity contribution < 1.29 is 14.3 Å². The summed E-state index contributed by atoms with van der Waals surface area (Å²) in [5, 5.41) is 11.6. The van der Waals surface area contributed by atoms with Gasteiger partial charge in [0, 0.05) is 11.8 Å². The quantitative estimate of drug-likeness (QED) is 0.860. The fourth-order valence-corrected chi connectivity index (χ4v) is 1.80. The van der Waals surface area contributed by atoms with Crippen LogP contribution in [-0.2, 0) is 0 Å². The van der Waals surface area contributed by atoms with E-state index in [0.29, 0.717) is 11.1 Å². The highest BCUT2D eigenvalue weighted by Crippen LogP contribution is 2.30. The van der Waals surface area contributed by atoms with E-state index in [9.17, 15) is 9.18 Å². The van der Waals surface area contributed by atoms with Gasteiger partial charge in [-0.1, -0.05) is 17.7 Å². The van der Waals surface area contributed by atoms with Crippen LogP contribution < -0.4 is 0 Å². The molecule has 0 saturated carbocycles. The molecule has 1 atom stereocenters. The molecule has 4 nitrogen and oxygen atoms in total. The molecule has 2 rings (SSSR count). The zero-order chi connectivity index (χ0) is 13.3. The lowest BCUT2D eigenvalue weighted by Gasteiger charge is -2.07. The third-order valence-corrected chi connectivity index (χ3v) is 3.14. The molecule has 0 fully saturated rings. The molecule has 1 aromatic heterocycles. The third kappa shape index (κ3) is 2.47. The Morgan fingerprint density at radius 2 is 2.17 bits per heavy atom. The highest BCUT2D eigenvalue weighted by Gasteiger charge is 2.16. The van der Waals surface area contributed by atoms with Crippen LogP contribution in [0.2, 0.25) is 5.02 Å². The summed E-state index contributed by atoms with van der Waals surface area (Å²) in [5.74, 6) is -0.578. The highest BCUT2D eigenvalue weighted by molar-refractivity contribution is 6.30. The standard InChI is InChI=1S/C11H7Cl2FN2O2/c12-8-2-1-6(3-9(8)14)10(13)7-4-15-16(5-7)11(17)18/h1-5,10H,(H,17,18). The normalized spacial score (nSPS) is 12.4. The molecule has 1 unspecified atom stereocenters. The molecular weight excluding hydrogens is 282 g/mol. The van der Waals surface area contributed by atoms with Crippen LogP contribution in [0.15, 0.2) is 30.6 Å². The maximum Gasteiger partial charge on any atom is 0.432 e. The van der Waals surface area contributed by atoms with E-state index in [1.807, 2.05) is 0 Å². The number of hydrogen-bond acceptors (Lipinski definition) is 2. The maximum atomic E-state index is 13.3. The van der Waals surface area contributed by atoms with Gasteiger partial charge in [0.15, 0.2) is 0 Å². The topological polar surface area (TPSA) is 55.1 Å². The summed E-state index contributed by atoms with van der Waals surface area (Å²) in [6.45, 7) is 0. The van der Waals surface area contributed by atoms with Crippen molar-refractivity contribution in [2.75, 3.05) is 0 Å². The molecule has 1 N–H and O–H groups in total. The lowest BCUT2D eigenvalue weighted by molar-refractivity contribution is 0.192. The SMILES string of the molecule is O=C(O)n1cc(C(Cl)c2ccc(Cl)c(F)c2)cn1. The average molecular weight is 289 g/mol. The average Bonchev–Trinajstić information content (AvgIpc) is 2.81. The summed E-state index contributed by atoms with van der Waals surface area (Å²) in [6, 6.07) is 4.17. The highest BCUT2D eigenvalue weighted by atomic mass is 35.5. The minimum atomic E-state index is -1.22. The van der Waals surface area contributed by atoms with E-state index in [0.717, 1.165) is 4.68 Å². The molecule has 0 bridgehead atoms. The van der Waals surface area contributed by atoms with Crippen molar-refractivity contribution in [1.82, 2.24) is 9.78 Å². The number of carbonyl (C=O) groups is 1. The molecule has 1 heterocycles. The van der Waals surface area contributed by atoms with Crippen molar-refractivity contribution in [3.05, 3.63) is 52.6 Å². The molecule has 0 aliphatic heterocycles. The summed E-state index contributed by atoms with van der Waals surface area (Å²) in [6.07, 6.45) is 1.37. The first-order valence-corrected chi connectivity index (χ1v) is 5.67. The van der Waals surface area contributed by atoms with Crippen LogP contribution in [0, 0.1) is 5.82 Å². The maximum absolute atomic E-state index is 13.3. The molecule has 0 amide bonds. The van der Waals surface area contributed by atoms with Crippen molar-refractivity contribution in [3.63, 3.8) is 0 Å². The van der Waals surface area contributed by atoms with Crippen LogP contribution in [0.4, 0.5) is 9.18 Å². The van der Waals surface area contributed by atoms with E-state index in [2.05, 4.69) is 5.10 Å². The molecule has 2 aromatic rings. The molecule has 0 spiro atoms. The van der Waals surface area contributed by atoms with Crippen LogP contribution >= 0.6 is 23.2 Å². The van der Waals surface area contributed by atoms with Crippen LogP contribution in [0.1, 0.15) is 16.5 Å². The summed E-state index contributed by atoms with van der Waals surface area (Å²) in [5.41, 5.74) is 0.935. The second-order valence-electron chi connectivity index (χ2n) is 3.54. The van der Waals surface area contributed by atoms with Gasteiger partial charge in [-0.3, -0.25) is 0 Å². The predicted molar refractivity (Wildman–Crippen MR) is 64.8 cm³/mol. The Kier molecular flexibility index (Phi) is 3.54. The minimum absolute atomic E-state index is 0.00356. The van der Waals surface area contributed by atoms with Gasteiger partial charge in [-0.05, 0) is 17.7 Å². The monoisotopic (exact) mass is 288 g/mol. The summed E-state index contributed by atoms with van der Waals surface area (Å²) >= 11 is 11.7. The first kappa shape index (κ1) is 12.9. The first-order chi connectivity index (χ1) is 8.49. The number of halogens is 3. The Morgan fingerprint density at radius 3 is 2.72 bits per heavy atom. The Labute approximate surface area is 112 Å². The smallest absolute Gasteiger partial charge is 0.432 e.